The zero-order valence-corrected chi connectivity index (χ0v) is 12.1. The van der Waals surface area contributed by atoms with E-state index >= 15 is 0 Å². The van der Waals surface area contributed by atoms with Gasteiger partial charge in [0.05, 0.1) is 6.54 Å². The van der Waals surface area contributed by atoms with Gasteiger partial charge < -0.3 is 5.32 Å². The molecule has 11 heteroatoms. The first-order valence-corrected chi connectivity index (χ1v) is 6.84. The van der Waals surface area contributed by atoms with Gasteiger partial charge in [-0.25, -0.2) is 9.97 Å². The van der Waals surface area contributed by atoms with E-state index in [-0.39, 0.29) is 18.2 Å². The molecule has 124 valence electrons. The first kappa shape index (κ1) is 15.8. The second kappa shape index (κ2) is 6.56. The molecule has 0 aromatic carbocycles. The highest BCUT2D eigenvalue weighted by Crippen LogP contribution is 2.30. The molecule has 0 unspecified atom stereocenters. The van der Waals surface area contributed by atoms with Crippen LogP contribution in [0.25, 0.3) is 11.4 Å². The fourth-order valence-electron chi connectivity index (χ4n) is 1.88. The molecule has 0 saturated carbocycles. The maximum absolute atomic E-state index is 13.0. The van der Waals surface area contributed by atoms with E-state index in [0.717, 1.165) is 6.07 Å². The molecule has 0 spiro atoms. The van der Waals surface area contributed by atoms with Crippen molar-refractivity contribution in [3.05, 3.63) is 42.6 Å². The molecule has 0 saturated heterocycles. The molecule has 3 heterocycles. The molecular formula is C13H11F3N8. The Morgan fingerprint density at radius 2 is 2.08 bits per heavy atom. The third-order valence-electron chi connectivity index (χ3n) is 2.95. The number of nitrogens with one attached hydrogen (secondary N) is 1. The maximum atomic E-state index is 13.0. The van der Waals surface area contributed by atoms with Crippen LogP contribution >= 0.6 is 0 Å². The first-order valence-electron chi connectivity index (χ1n) is 6.84. The molecule has 0 atom stereocenters. The van der Waals surface area contributed by atoms with E-state index in [1.165, 1.54) is 23.5 Å². The summed E-state index contributed by atoms with van der Waals surface area (Å²) in [7, 11) is 0. The van der Waals surface area contributed by atoms with Gasteiger partial charge in [-0.3, -0.25) is 4.98 Å². The van der Waals surface area contributed by atoms with Gasteiger partial charge in [-0.2, -0.15) is 18.0 Å². The number of hydrogen-bond donors (Lipinski definition) is 1. The van der Waals surface area contributed by atoms with Gasteiger partial charge in [0.25, 0.3) is 0 Å². The number of nitrogens with zero attached hydrogens (tertiary/aromatic N) is 7. The molecule has 1 N–H and O–H groups in total. The van der Waals surface area contributed by atoms with Crippen LogP contribution in [-0.4, -0.2) is 41.7 Å². The highest BCUT2D eigenvalue weighted by atomic mass is 19.4. The summed E-state index contributed by atoms with van der Waals surface area (Å²) in [6.45, 7) is 0.602. The van der Waals surface area contributed by atoms with Gasteiger partial charge in [-0.15, -0.1) is 10.2 Å². The van der Waals surface area contributed by atoms with Gasteiger partial charge >= 0.3 is 6.18 Å². The SMILES string of the molecule is FC(F)(F)c1cc(NCCn2ncnn2)nc(-c2cccnc2)n1. The highest BCUT2D eigenvalue weighted by molar-refractivity contribution is 5.56. The number of alkyl halides is 3. The van der Waals surface area contributed by atoms with Crippen LogP contribution in [0.2, 0.25) is 0 Å². The summed E-state index contributed by atoms with van der Waals surface area (Å²) in [5, 5.41) is 13.8. The Hall–Kier alpha value is -3.11. The molecule has 0 amide bonds. The van der Waals surface area contributed by atoms with Gasteiger partial charge in [0, 0.05) is 30.6 Å². The molecule has 24 heavy (non-hydrogen) atoms. The van der Waals surface area contributed by atoms with E-state index in [9.17, 15) is 13.2 Å². The fourth-order valence-corrected chi connectivity index (χ4v) is 1.88. The topological polar surface area (TPSA) is 94.3 Å². The maximum Gasteiger partial charge on any atom is 0.433 e. The van der Waals surface area contributed by atoms with E-state index < -0.39 is 11.9 Å². The van der Waals surface area contributed by atoms with Crippen LogP contribution in [-0.2, 0) is 12.7 Å². The van der Waals surface area contributed by atoms with Gasteiger partial charge in [-0.05, 0) is 17.3 Å². The van der Waals surface area contributed by atoms with E-state index in [2.05, 4.69) is 35.7 Å². The normalized spacial score (nSPS) is 11.5. The van der Waals surface area contributed by atoms with Crippen molar-refractivity contribution in [2.45, 2.75) is 12.7 Å². The van der Waals surface area contributed by atoms with Crippen molar-refractivity contribution in [1.29, 1.82) is 0 Å². The molecule has 0 bridgehead atoms. The van der Waals surface area contributed by atoms with Crippen molar-refractivity contribution in [1.82, 2.24) is 35.2 Å². The third-order valence-corrected chi connectivity index (χ3v) is 2.95. The van der Waals surface area contributed by atoms with Crippen molar-refractivity contribution in [3.63, 3.8) is 0 Å². The molecule has 0 aliphatic rings. The summed E-state index contributed by atoms with van der Waals surface area (Å²) in [5.41, 5.74) is -0.637. The lowest BCUT2D eigenvalue weighted by Crippen LogP contribution is -2.16. The Bertz CT molecular complexity index is 789. The standard InChI is InChI=1S/C13H11F3N8/c14-13(15,16)10-6-11(18-4-5-24-20-8-19-23-24)22-12(21-10)9-2-1-3-17-7-9/h1-3,6-8H,4-5H2,(H,18,21,22). The number of halogens is 3. The lowest BCUT2D eigenvalue weighted by Gasteiger charge is -2.11. The fraction of sp³-hybridized carbons (Fsp3) is 0.231. The highest BCUT2D eigenvalue weighted by Gasteiger charge is 2.33. The van der Waals surface area contributed by atoms with E-state index in [1.54, 1.807) is 12.1 Å². The molecule has 0 radical (unpaired) electrons. The van der Waals surface area contributed by atoms with Crippen molar-refractivity contribution >= 4 is 5.82 Å². The summed E-state index contributed by atoms with van der Waals surface area (Å²) >= 11 is 0. The molecule has 3 aromatic heterocycles. The third kappa shape index (κ3) is 3.80. The van der Waals surface area contributed by atoms with Crippen molar-refractivity contribution < 1.29 is 13.2 Å². The quantitative estimate of drug-likeness (QED) is 0.757. The Kier molecular flexibility index (Phi) is 4.31. The molecule has 0 aliphatic heterocycles. The van der Waals surface area contributed by atoms with Crippen molar-refractivity contribution in [2.24, 2.45) is 0 Å². The monoisotopic (exact) mass is 336 g/mol. The Balaban J connectivity index is 1.84. The van der Waals surface area contributed by atoms with Crippen LogP contribution in [0.3, 0.4) is 0 Å². The number of tetrazole rings is 1. The number of anilines is 1. The van der Waals surface area contributed by atoms with Gasteiger partial charge in [0.15, 0.2) is 17.8 Å². The van der Waals surface area contributed by atoms with E-state index in [1.807, 2.05) is 0 Å². The van der Waals surface area contributed by atoms with E-state index in [4.69, 9.17) is 0 Å². The van der Waals surface area contributed by atoms with Crippen LogP contribution in [0.15, 0.2) is 36.9 Å². The second-order valence-electron chi connectivity index (χ2n) is 4.66. The van der Waals surface area contributed by atoms with Gasteiger partial charge in [0.2, 0.25) is 0 Å². The first-order chi connectivity index (χ1) is 11.5. The summed E-state index contributed by atoms with van der Waals surface area (Å²) in [4.78, 5) is 12.9. The number of pyridine rings is 1. The van der Waals surface area contributed by atoms with Crippen LogP contribution in [0, 0.1) is 0 Å². The molecular weight excluding hydrogens is 325 g/mol. The van der Waals surface area contributed by atoms with Crippen LogP contribution in [0.5, 0.6) is 0 Å². The van der Waals surface area contributed by atoms with Gasteiger partial charge in [0.1, 0.15) is 5.82 Å². The predicted molar refractivity (Wildman–Crippen MR) is 76.6 cm³/mol. The molecule has 3 rings (SSSR count). The summed E-state index contributed by atoms with van der Waals surface area (Å²) in [6, 6.07) is 4.04. The van der Waals surface area contributed by atoms with Gasteiger partial charge in [-0.1, -0.05) is 0 Å². The predicted octanol–water partition coefficient (Wildman–Crippen LogP) is 1.66. The minimum atomic E-state index is -4.58. The summed E-state index contributed by atoms with van der Waals surface area (Å²) in [6.07, 6.45) is -0.392. The smallest absolute Gasteiger partial charge is 0.368 e. The number of aromatic nitrogens is 7. The lowest BCUT2D eigenvalue weighted by atomic mass is 10.2. The molecule has 0 fully saturated rings. The molecule has 0 aliphatic carbocycles. The minimum absolute atomic E-state index is 0.0521. The minimum Gasteiger partial charge on any atom is -0.368 e. The van der Waals surface area contributed by atoms with Crippen LogP contribution in [0.4, 0.5) is 19.0 Å². The van der Waals surface area contributed by atoms with Crippen molar-refractivity contribution in [3.8, 4) is 11.4 Å². The molecule has 3 aromatic rings. The number of rotatable bonds is 5. The largest absolute Gasteiger partial charge is 0.433 e. The van der Waals surface area contributed by atoms with Crippen LogP contribution in [0.1, 0.15) is 5.69 Å². The lowest BCUT2D eigenvalue weighted by molar-refractivity contribution is -0.141. The second-order valence-corrected chi connectivity index (χ2v) is 4.66. The summed E-state index contributed by atoms with van der Waals surface area (Å²) < 4.78 is 39.1. The average molecular weight is 336 g/mol. The zero-order chi connectivity index (χ0) is 17.0. The Morgan fingerprint density at radius 3 is 2.75 bits per heavy atom. The van der Waals surface area contributed by atoms with Crippen molar-refractivity contribution in [2.75, 3.05) is 11.9 Å². The molecule has 8 nitrogen and oxygen atoms in total. The average Bonchev–Trinajstić information content (AvgIpc) is 3.08. The number of hydrogen-bond acceptors (Lipinski definition) is 7. The van der Waals surface area contributed by atoms with E-state index in [0.29, 0.717) is 12.1 Å². The van der Waals surface area contributed by atoms with Crippen LogP contribution < -0.4 is 5.32 Å². The summed E-state index contributed by atoms with van der Waals surface area (Å²) in [5.74, 6) is -0.00407. The zero-order valence-electron chi connectivity index (χ0n) is 12.1. The Labute approximate surface area is 133 Å². The Morgan fingerprint density at radius 1 is 1.21 bits per heavy atom.